The molecule has 0 spiro atoms. The number of amides is 1. The van der Waals surface area contributed by atoms with E-state index in [-0.39, 0.29) is 12.5 Å². The Labute approximate surface area is 111 Å². The van der Waals surface area contributed by atoms with E-state index in [4.69, 9.17) is 15.6 Å². The van der Waals surface area contributed by atoms with Crippen LogP contribution in [0.4, 0.5) is 17.6 Å². The normalized spacial score (nSPS) is 10.3. The van der Waals surface area contributed by atoms with Gasteiger partial charge in [0.2, 0.25) is 0 Å². The summed E-state index contributed by atoms with van der Waals surface area (Å²) >= 11 is 0. The van der Waals surface area contributed by atoms with E-state index in [0.29, 0.717) is 11.1 Å². The lowest BCUT2D eigenvalue weighted by molar-refractivity contribution is -0.192. The molecule has 5 nitrogen and oxygen atoms in total. The molecule has 0 aliphatic rings. The van der Waals surface area contributed by atoms with Gasteiger partial charge in [-0.3, -0.25) is 4.79 Å². The number of nitrogens with one attached hydrogen (secondary N) is 1. The second kappa shape index (κ2) is 7.43. The van der Waals surface area contributed by atoms with Crippen LogP contribution in [0.3, 0.4) is 0 Å². The predicted molar refractivity (Wildman–Crippen MR) is 61.4 cm³/mol. The summed E-state index contributed by atoms with van der Waals surface area (Å²) in [5.74, 6) is -3.51. The van der Waals surface area contributed by atoms with E-state index in [9.17, 15) is 22.4 Å². The van der Waals surface area contributed by atoms with Gasteiger partial charge >= 0.3 is 12.1 Å². The summed E-state index contributed by atoms with van der Waals surface area (Å²) in [5.41, 5.74) is 6.33. The monoisotopic (exact) mass is 296 g/mol. The van der Waals surface area contributed by atoms with Gasteiger partial charge < -0.3 is 16.2 Å². The van der Waals surface area contributed by atoms with Gasteiger partial charge in [0.15, 0.2) is 0 Å². The van der Waals surface area contributed by atoms with Crippen molar-refractivity contribution in [2.24, 2.45) is 5.73 Å². The molecule has 0 atom stereocenters. The van der Waals surface area contributed by atoms with Crippen LogP contribution < -0.4 is 11.1 Å². The molecule has 1 aromatic rings. The van der Waals surface area contributed by atoms with Crippen molar-refractivity contribution in [3.8, 4) is 0 Å². The maximum absolute atomic E-state index is 12.8. The van der Waals surface area contributed by atoms with E-state index in [1.54, 1.807) is 0 Å². The van der Waals surface area contributed by atoms with E-state index in [1.165, 1.54) is 25.2 Å². The molecule has 0 unspecified atom stereocenters. The van der Waals surface area contributed by atoms with Gasteiger partial charge in [-0.25, -0.2) is 9.18 Å². The van der Waals surface area contributed by atoms with Gasteiger partial charge in [-0.2, -0.15) is 13.2 Å². The molecule has 1 aromatic carbocycles. The zero-order valence-electron chi connectivity index (χ0n) is 10.3. The number of hydrogen-bond donors (Lipinski definition) is 3. The fourth-order valence-corrected chi connectivity index (χ4v) is 1.07. The molecule has 0 bridgehead atoms. The van der Waals surface area contributed by atoms with Crippen LogP contribution in [-0.2, 0) is 11.3 Å². The molecule has 1 amide bonds. The lowest BCUT2D eigenvalue weighted by Crippen LogP contribution is -2.21. The Balaban J connectivity index is 0.000000441. The average molecular weight is 296 g/mol. The average Bonchev–Trinajstić information content (AvgIpc) is 2.37. The molecule has 9 heteroatoms. The van der Waals surface area contributed by atoms with Crippen LogP contribution in [0.2, 0.25) is 0 Å². The summed E-state index contributed by atoms with van der Waals surface area (Å²) in [6.07, 6.45) is -5.08. The van der Waals surface area contributed by atoms with Gasteiger partial charge in [0.25, 0.3) is 5.91 Å². The van der Waals surface area contributed by atoms with Crippen LogP contribution in [0.5, 0.6) is 0 Å². The number of benzene rings is 1. The molecule has 0 heterocycles. The summed E-state index contributed by atoms with van der Waals surface area (Å²) in [6.45, 7) is 0.225. The highest BCUT2D eigenvalue weighted by Crippen LogP contribution is 2.13. The van der Waals surface area contributed by atoms with Gasteiger partial charge in [0.1, 0.15) is 5.82 Å². The third kappa shape index (κ3) is 5.65. The molecule has 0 aromatic heterocycles. The second-order valence-electron chi connectivity index (χ2n) is 3.39. The summed E-state index contributed by atoms with van der Waals surface area (Å²) in [6, 6.07) is 3.98. The molecule has 0 aliphatic heterocycles. The van der Waals surface area contributed by atoms with Crippen LogP contribution in [-0.4, -0.2) is 30.2 Å². The van der Waals surface area contributed by atoms with E-state index < -0.39 is 18.0 Å². The Hall–Kier alpha value is -2.16. The summed E-state index contributed by atoms with van der Waals surface area (Å²) < 4.78 is 44.5. The highest BCUT2D eigenvalue weighted by atomic mass is 19.4. The van der Waals surface area contributed by atoms with Crippen molar-refractivity contribution in [2.75, 3.05) is 7.05 Å². The third-order valence-corrected chi connectivity index (χ3v) is 2.01. The first kappa shape index (κ1) is 17.8. The first-order chi connectivity index (χ1) is 9.13. The van der Waals surface area contributed by atoms with Gasteiger partial charge in [-0.1, -0.05) is 6.07 Å². The standard InChI is InChI=1S/C9H11FN2O.C2HF3O2/c1-12-9(13)8-4-7(10)3-2-6(8)5-11;3-2(4,5)1(6)7/h2-4H,5,11H2,1H3,(H,12,13);(H,6,7). The number of carbonyl (C=O) groups excluding carboxylic acids is 1. The van der Waals surface area contributed by atoms with E-state index >= 15 is 0 Å². The van der Waals surface area contributed by atoms with Gasteiger partial charge in [0, 0.05) is 19.2 Å². The lowest BCUT2D eigenvalue weighted by Gasteiger charge is -2.05. The molecule has 0 aliphatic carbocycles. The number of nitrogens with two attached hydrogens (primary N) is 1. The Morgan fingerprint density at radius 2 is 1.85 bits per heavy atom. The largest absolute Gasteiger partial charge is 0.490 e. The maximum atomic E-state index is 12.8. The second-order valence-corrected chi connectivity index (χ2v) is 3.39. The smallest absolute Gasteiger partial charge is 0.475 e. The minimum Gasteiger partial charge on any atom is -0.475 e. The molecular weight excluding hydrogens is 284 g/mol. The molecular formula is C11H12F4N2O3. The van der Waals surface area contributed by atoms with Gasteiger partial charge in [0.05, 0.1) is 0 Å². The third-order valence-electron chi connectivity index (χ3n) is 2.01. The number of halogens is 4. The van der Waals surface area contributed by atoms with Crippen molar-refractivity contribution in [1.29, 1.82) is 0 Å². The van der Waals surface area contributed by atoms with Crippen molar-refractivity contribution < 1.29 is 32.3 Å². The molecule has 0 saturated carbocycles. The van der Waals surface area contributed by atoms with Gasteiger partial charge in [-0.05, 0) is 17.7 Å². The minimum absolute atomic E-state index is 0.225. The van der Waals surface area contributed by atoms with Crippen LogP contribution >= 0.6 is 0 Å². The Bertz CT molecular complexity index is 489. The van der Waals surface area contributed by atoms with E-state index in [0.717, 1.165) is 0 Å². The number of rotatable bonds is 2. The molecule has 20 heavy (non-hydrogen) atoms. The fraction of sp³-hybridized carbons (Fsp3) is 0.273. The van der Waals surface area contributed by atoms with Gasteiger partial charge in [-0.15, -0.1) is 0 Å². The molecule has 112 valence electrons. The highest BCUT2D eigenvalue weighted by molar-refractivity contribution is 5.95. The van der Waals surface area contributed by atoms with E-state index in [2.05, 4.69) is 5.32 Å². The molecule has 0 radical (unpaired) electrons. The predicted octanol–water partition coefficient (Wildman–Crippen LogP) is 1.28. The molecule has 4 N–H and O–H groups in total. The Morgan fingerprint density at radius 3 is 2.20 bits per heavy atom. The van der Waals surface area contributed by atoms with Crippen molar-refractivity contribution >= 4 is 11.9 Å². The number of hydrogen-bond acceptors (Lipinski definition) is 3. The number of carbonyl (C=O) groups is 2. The van der Waals surface area contributed by atoms with Crippen molar-refractivity contribution in [2.45, 2.75) is 12.7 Å². The first-order valence-electron chi connectivity index (χ1n) is 5.14. The van der Waals surface area contributed by atoms with Crippen LogP contribution in [0.1, 0.15) is 15.9 Å². The zero-order chi connectivity index (χ0) is 15.9. The summed E-state index contributed by atoms with van der Waals surface area (Å²) in [4.78, 5) is 20.1. The quantitative estimate of drug-likeness (QED) is 0.717. The summed E-state index contributed by atoms with van der Waals surface area (Å²) in [5, 5.41) is 9.55. The number of aliphatic carboxylic acids is 1. The van der Waals surface area contributed by atoms with E-state index in [1.807, 2.05) is 0 Å². The molecule has 0 fully saturated rings. The molecule has 1 rings (SSSR count). The number of carboxylic acid groups (broad SMARTS) is 1. The number of alkyl halides is 3. The maximum Gasteiger partial charge on any atom is 0.490 e. The zero-order valence-corrected chi connectivity index (χ0v) is 10.3. The van der Waals surface area contributed by atoms with Crippen molar-refractivity contribution in [3.05, 3.63) is 35.1 Å². The SMILES string of the molecule is CNC(=O)c1cc(F)ccc1CN.O=C(O)C(F)(F)F. The summed E-state index contributed by atoms with van der Waals surface area (Å²) in [7, 11) is 1.49. The topological polar surface area (TPSA) is 92.4 Å². The minimum atomic E-state index is -5.08. The first-order valence-corrected chi connectivity index (χ1v) is 5.14. The Kier molecular flexibility index (Phi) is 6.63. The molecule has 0 saturated heterocycles. The van der Waals surface area contributed by atoms with Crippen LogP contribution in [0.25, 0.3) is 0 Å². The fourth-order valence-electron chi connectivity index (χ4n) is 1.07. The van der Waals surface area contributed by atoms with Crippen molar-refractivity contribution in [1.82, 2.24) is 5.32 Å². The number of carboxylic acids is 1. The lowest BCUT2D eigenvalue weighted by atomic mass is 10.1. The van der Waals surface area contributed by atoms with Crippen LogP contribution in [0, 0.1) is 5.82 Å². The van der Waals surface area contributed by atoms with Crippen LogP contribution in [0.15, 0.2) is 18.2 Å². The Morgan fingerprint density at radius 1 is 1.35 bits per heavy atom. The highest BCUT2D eigenvalue weighted by Gasteiger charge is 2.38. The van der Waals surface area contributed by atoms with Crippen molar-refractivity contribution in [3.63, 3.8) is 0 Å².